The number of carbonyl (C=O) groups is 2. The van der Waals surface area contributed by atoms with Crippen LogP contribution >= 0.6 is 11.6 Å². The van der Waals surface area contributed by atoms with Gasteiger partial charge in [0.2, 0.25) is 5.91 Å². The Hall–Kier alpha value is -3.46. The van der Waals surface area contributed by atoms with E-state index in [9.17, 15) is 9.59 Å². The number of nitrogen functional groups attached to an aromatic ring is 1. The van der Waals surface area contributed by atoms with Crippen LogP contribution in [0.3, 0.4) is 0 Å². The van der Waals surface area contributed by atoms with Crippen molar-refractivity contribution in [1.82, 2.24) is 24.5 Å². The molecule has 31 heavy (non-hydrogen) atoms. The van der Waals surface area contributed by atoms with Crippen LogP contribution in [-0.2, 0) is 9.59 Å². The van der Waals surface area contributed by atoms with Crippen LogP contribution in [0.5, 0.6) is 0 Å². The summed E-state index contributed by atoms with van der Waals surface area (Å²) in [7, 11) is 0. The first-order valence-corrected chi connectivity index (χ1v) is 10.0. The molecule has 9 nitrogen and oxygen atoms in total. The second kappa shape index (κ2) is 7.35. The average molecular weight is 440 g/mol. The highest BCUT2D eigenvalue weighted by Crippen LogP contribution is 2.34. The number of halogens is 1. The van der Waals surface area contributed by atoms with Gasteiger partial charge in [-0.05, 0) is 32.0 Å². The zero-order valence-corrected chi connectivity index (χ0v) is 18.2. The van der Waals surface area contributed by atoms with Crippen LogP contribution in [0.4, 0.5) is 11.6 Å². The fraction of sp³-hybridized carbons (Fsp3) is 0.286. The standard InChI is InChI=1S/C21H22ClN7O2/c1-5-14-10-27(12(2)30)21(3,4)20(31)28(14)17-8-13(6-7-24-17)16-9-15(22)18-19(23)25-11-26-29(16)18/h5-9,11,14H,1,10H2,2-4H3,(H2,23,25,26)/t14-/m0/s1. The van der Waals surface area contributed by atoms with E-state index in [1.165, 1.54) is 13.3 Å². The number of carbonyl (C=O) groups excluding carboxylic acids is 2. The SMILES string of the molecule is C=C[C@H]1CN(C(C)=O)C(C)(C)C(=O)N1c1cc(-c2cc(Cl)c3c(N)ncnn23)ccn1. The molecule has 0 unspecified atom stereocenters. The fourth-order valence-electron chi connectivity index (χ4n) is 3.97. The summed E-state index contributed by atoms with van der Waals surface area (Å²) in [5.41, 5.74) is 6.87. The number of fused-ring (bicyclic) bond motifs is 1. The smallest absolute Gasteiger partial charge is 0.254 e. The molecular weight excluding hydrogens is 418 g/mol. The molecule has 3 aromatic heterocycles. The van der Waals surface area contributed by atoms with Gasteiger partial charge in [-0.3, -0.25) is 14.5 Å². The van der Waals surface area contributed by atoms with E-state index in [1.807, 2.05) is 0 Å². The van der Waals surface area contributed by atoms with E-state index in [2.05, 4.69) is 21.6 Å². The van der Waals surface area contributed by atoms with Crippen molar-refractivity contribution in [1.29, 1.82) is 0 Å². The number of nitrogens with zero attached hydrogens (tertiary/aromatic N) is 6. The van der Waals surface area contributed by atoms with Gasteiger partial charge in [0.15, 0.2) is 5.82 Å². The average Bonchev–Trinajstić information content (AvgIpc) is 3.07. The molecular formula is C21H22ClN7O2. The minimum absolute atomic E-state index is 0.168. The summed E-state index contributed by atoms with van der Waals surface area (Å²) in [6.07, 6.45) is 4.61. The molecule has 1 fully saturated rings. The lowest BCUT2D eigenvalue weighted by Crippen LogP contribution is -2.67. The van der Waals surface area contributed by atoms with E-state index < -0.39 is 11.6 Å². The van der Waals surface area contributed by atoms with Crippen molar-refractivity contribution in [3.63, 3.8) is 0 Å². The first-order valence-electron chi connectivity index (χ1n) is 9.65. The van der Waals surface area contributed by atoms with Crippen molar-refractivity contribution in [3.8, 4) is 11.3 Å². The highest BCUT2D eigenvalue weighted by molar-refractivity contribution is 6.35. The number of amides is 2. The van der Waals surface area contributed by atoms with Crippen LogP contribution in [0.15, 0.2) is 43.4 Å². The number of hydrogen-bond acceptors (Lipinski definition) is 6. The Morgan fingerprint density at radius 3 is 2.77 bits per heavy atom. The maximum atomic E-state index is 13.4. The molecule has 1 aliphatic heterocycles. The van der Waals surface area contributed by atoms with Gasteiger partial charge >= 0.3 is 0 Å². The van der Waals surface area contributed by atoms with E-state index in [4.69, 9.17) is 17.3 Å². The number of hydrogen-bond donors (Lipinski definition) is 1. The van der Waals surface area contributed by atoms with Crippen LogP contribution < -0.4 is 10.6 Å². The van der Waals surface area contributed by atoms with Gasteiger partial charge in [0.05, 0.1) is 16.8 Å². The Morgan fingerprint density at radius 2 is 2.10 bits per heavy atom. The van der Waals surface area contributed by atoms with E-state index >= 15 is 0 Å². The monoisotopic (exact) mass is 439 g/mol. The summed E-state index contributed by atoms with van der Waals surface area (Å²) < 4.78 is 1.61. The van der Waals surface area contributed by atoms with Crippen LogP contribution in [0.1, 0.15) is 20.8 Å². The van der Waals surface area contributed by atoms with Crippen molar-refractivity contribution in [3.05, 3.63) is 48.4 Å². The molecule has 0 spiro atoms. The third-order valence-electron chi connectivity index (χ3n) is 5.59. The van der Waals surface area contributed by atoms with Crippen LogP contribution in [0.25, 0.3) is 16.8 Å². The molecule has 0 aromatic carbocycles. The van der Waals surface area contributed by atoms with Crippen LogP contribution in [0, 0.1) is 0 Å². The molecule has 2 amide bonds. The molecule has 160 valence electrons. The lowest BCUT2D eigenvalue weighted by Gasteiger charge is -2.48. The largest absolute Gasteiger partial charge is 0.382 e. The summed E-state index contributed by atoms with van der Waals surface area (Å²) in [6.45, 7) is 9.10. The Bertz CT molecular complexity index is 1220. The van der Waals surface area contributed by atoms with E-state index in [1.54, 1.807) is 58.6 Å². The van der Waals surface area contributed by atoms with Gasteiger partial charge in [0.1, 0.15) is 23.2 Å². The molecule has 3 aromatic rings. The lowest BCUT2D eigenvalue weighted by molar-refractivity contribution is -0.146. The Balaban J connectivity index is 1.82. The second-order valence-corrected chi connectivity index (χ2v) is 8.26. The number of aromatic nitrogens is 4. The highest BCUT2D eigenvalue weighted by atomic mass is 35.5. The van der Waals surface area contributed by atoms with Gasteiger partial charge in [0, 0.05) is 25.2 Å². The van der Waals surface area contributed by atoms with Gasteiger partial charge in [-0.25, -0.2) is 14.5 Å². The summed E-state index contributed by atoms with van der Waals surface area (Å²) in [4.78, 5) is 37.1. The van der Waals surface area contributed by atoms with Gasteiger partial charge in [-0.15, -0.1) is 6.58 Å². The molecule has 4 rings (SSSR count). The number of rotatable bonds is 3. The van der Waals surface area contributed by atoms with Crippen LogP contribution in [-0.4, -0.2) is 54.4 Å². The molecule has 0 radical (unpaired) electrons. The normalized spacial score (nSPS) is 18.5. The summed E-state index contributed by atoms with van der Waals surface area (Å²) in [5, 5.41) is 4.68. The molecule has 1 saturated heterocycles. The molecule has 4 heterocycles. The molecule has 2 N–H and O–H groups in total. The maximum Gasteiger partial charge on any atom is 0.254 e. The number of pyridine rings is 1. The summed E-state index contributed by atoms with van der Waals surface area (Å²) in [5.74, 6) is 0.299. The number of piperazine rings is 1. The van der Waals surface area contributed by atoms with Gasteiger partial charge in [0.25, 0.3) is 5.91 Å². The predicted molar refractivity (Wildman–Crippen MR) is 119 cm³/mol. The molecule has 1 aliphatic rings. The maximum absolute atomic E-state index is 13.4. The predicted octanol–water partition coefficient (Wildman–Crippen LogP) is 2.56. The Morgan fingerprint density at radius 1 is 1.35 bits per heavy atom. The molecule has 0 saturated carbocycles. The van der Waals surface area contributed by atoms with Crippen LogP contribution in [0.2, 0.25) is 5.02 Å². The molecule has 0 aliphatic carbocycles. The third-order valence-corrected chi connectivity index (χ3v) is 5.88. The Labute approximate surface area is 184 Å². The van der Waals surface area contributed by atoms with Gasteiger partial charge in [-0.1, -0.05) is 17.7 Å². The first-order chi connectivity index (χ1) is 14.7. The van der Waals surface area contributed by atoms with E-state index in [0.29, 0.717) is 28.6 Å². The summed E-state index contributed by atoms with van der Waals surface area (Å²) in [6, 6.07) is 4.90. The van der Waals surface area contributed by atoms with Crippen molar-refractivity contribution in [2.75, 3.05) is 17.2 Å². The van der Waals surface area contributed by atoms with Crippen molar-refractivity contribution < 1.29 is 9.59 Å². The van der Waals surface area contributed by atoms with Gasteiger partial charge in [-0.2, -0.15) is 5.10 Å². The first kappa shape index (κ1) is 20.8. The van der Waals surface area contributed by atoms with Crippen molar-refractivity contribution >= 4 is 40.6 Å². The second-order valence-electron chi connectivity index (χ2n) is 7.85. The fourth-order valence-corrected chi connectivity index (χ4v) is 4.25. The number of nitrogens with two attached hydrogens (primary N) is 1. The van der Waals surface area contributed by atoms with Crippen molar-refractivity contribution in [2.24, 2.45) is 0 Å². The molecule has 0 bridgehead atoms. The minimum atomic E-state index is -1.02. The lowest BCUT2D eigenvalue weighted by atomic mass is 9.93. The Kier molecular flexibility index (Phi) is 4.93. The van der Waals surface area contributed by atoms with Gasteiger partial charge < -0.3 is 10.6 Å². The molecule has 1 atom stereocenters. The minimum Gasteiger partial charge on any atom is -0.382 e. The van der Waals surface area contributed by atoms with Crippen molar-refractivity contribution in [2.45, 2.75) is 32.4 Å². The number of anilines is 2. The zero-order chi connectivity index (χ0) is 22.5. The van der Waals surface area contributed by atoms with E-state index in [-0.39, 0.29) is 17.6 Å². The zero-order valence-electron chi connectivity index (χ0n) is 17.4. The third kappa shape index (κ3) is 3.21. The highest BCUT2D eigenvalue weighted by Gasteiger charge is 2.47. The molecule has 10 heteroatoms. The quantitative estimate of drug-likeness (QED) is 0.628. The summed E-state index contributed by atoms with van der Waals surface area (Å²) >= 11 is 6.36. The van der Waals surface area contributed by atoms with E-state index in [0.717, 1.165) is 5.56 Å². The topological polar surface area (TPSA) is 110 Å².